The van der Waals surface area contributed by atoms with E-state index in [2.05, 4.69) is 10.1 Å². The Morgan fingerprint density at radius 3 is 2.52 bits per heavy atom. The lowest BCUT2D eigenvalue weighted by molar-refractivity contribution is -0.0428. The highest BCUT2D eigenvalue weighted by Gasteiger charge is 2.50. The Kier molecular flexibility index (Phi) is 7.97. The number of nitrogens with zero attached hydrogens (tertiary/aromatic N) is 2. The summed E-state index contributed by atoms with van der Waals surface area (Å²) in [7, 11) is 0. The van der Waals surface area contributed by atoms with Gasteiger partial charge in [-0.3, -0.25) is 0 Å². The monoisotopic (exact) mass is 660 g/mol. The number of benzene rings is 2. The van der Waals surface area contributed by atoms with E-state index in [0.29, 0.717) is 67.2 Å². The van der Waals surface area contributed by atoms with Crippen molar-refractivity contribution in [3.8, 4) is 22.2 Å². The normalized spacial score (nSPS) is 23.0. The summed E-state index contributed by atoms with van der Waals surface area (Å²) in [4.78, 5) is 16.6. The van der Waals surface area contributed by atoms with Crippen LogP contribution in [0.25, 0.3) is 21.5 Å². The molecule has 1 aliphatic carbocycles. The summed E-state index contributed by atoms with van der Waals surface area (Å²) < 4.78 is 37.3. The first-order chi connectivity index (χ1) is 21.2. The molecule has 2 aliphatic heterocycles. The van der Waals surface area contributed by atoms with Gasteiger partial charge in [0, 0.05) is 22.6 Å². The maximum Gasteiger partial charge on any atom is 0.336 e. The van der Waals surface area contributed by atoms with Crippen molar-refractivity contribution in [1.29, 1.82) is 0 Å². The lowest BCUT2D eigenvalue weighted by Crippen LogP contribution is -2.35. The largest absolute Gasteiger partial charge is 0.488 e. The van der Waals surface area contributed by atoms with Crippen LogP contribution in [0.15, 0.2) is 28.8 Å². The van der Waals surface area contributed by atoms with E-state index in [9.17, 15) is 9.90 Å². The van der Waals surface area contributed by atoms with Gasteiger partial charge in [-0.2, -0.15) is 4.98 Å². The maximum atomic E-state index is 11.9. The van der Waals surface area contributed by atoms with Gasteiger partial charge in [0.25, 0.3) is 5.19 Å². The average molecular weight is 662 g/mol. The molecule has 0 amide bonds. The lowest BCUT2D eigenvalue weighted by Gasteiger charge is -2.17. The maximum absolute atomic E-state index is 11.9. The second-order valence-electron chi connectivity index (χ2n) is 11.5. The third kappa shape index (κ3) is 5.44. The molecule has 10 nitrogen and oxygen atoms in total. The standard InChI is InChI=1S/C31H30Cl2N2O8S/c1-13(2)41-26-14(3)16(30(36)37)9-22-25(26)34-31(44-22)42-21-12-40-28-20(11-39-29(21)28)38-10-17-24(35-43-27(17)15-7-8-15)23-18(32)5-4-6-19(23)33/h4-6,9,13,15,20-21,28-29H,7-8,10-12H2,1-3H3,(H,36,37)/t20-,21-,28-,29-/m1/s1. The minimum Gasteiger partial charge on any atom is -0.488 e. The summed E-state index contributed by atoms with van der Waals surface area (Å²) in [5, 5.41) is 15.4. The highest BCUT2D eigenvalue weighted by atomic mass is 35.5. The number of rotatable bonds is 10. The molecule has 4 aromatic rings. The molecular formula is C31H30Cl2N2O8S. The Hall–Kier alpha value is -2.93. The van der Waals surface area contributed by atoms with E-state index in [-0.39, 0.29) is 36.6 Å². The quantitative estimate of drug-likeness (QED) is 0.189. The number of hydrogen-bond acceptors (Lipinski definition) is 10. The van der Waals surface area contributed by atoms with Crippen molar-refractivity contribution in [3.63, 3.8) is 0 Å². The number of aromatic carboxylic acids is 1. The number of fused-ring (bicyclic) bond motifs is 2. The molecule has 7 rings (SSSR count). The van der Waals surface area contributed by atoms with Crippen molar-refractivity contribution in [1.82, 2.24) is 10.1 Å². The number of carboxylic acids is 1. The summed E-state index contributed by atoms with van der Waals surface area (Å²) >= 11 is 14.3. The molecule has 13 heteroatoms. The van der Waals surface area contributed by atoms with Crippen molar-refractivity contribution in [2.75, 3.05) is 13.2 Å². The molecule has 0 unspecified atom stereocenters. The van der Waals surface area contributed by atoms with E-state index in [1.54, 1.807) is 31.2 Å². The highest BCUT2D eigenvalue weighted by molar-refractivity contribution is 7.20. The van der Waals surface area contributed by atoms with Crippen LogP contribution < -0.4 is 9.47 Å². The Morgan fingerprint density at radius 2 is 1.84 bits per heavy atom. The molecule has 44 heavy (non-hydrogen) atoms. The second kappa shape index (κ2) is 11.8. The fourth-order valence-corrected chi connectivity index (χ4v) is 7.29. The summed E-state index contributed by atoms with van der Waals surface area (Å²) in [6, 6.07) is 6.95. The summed E-state index contributed by atoms with van der Waals surface area (Å²) in [5.41, 5.74) is 3.31. The van der Waals surface area contributed by atoms with Gasteiger partial charge in [0.2, 0.25) is 0 Å². The Labute approximate surface area is 267 Å². The minimum atomic E-state index is -1.02. The SMILES string of the molecule is Cc1c(C(=O)O)cc2sc(O[C@@H]3CO[C@H]4[C@@H]3OC[C@H]4OCc3c(-c4c(Cl)cccc4Cl)noc3C3CC3)nc2c1OC(C)C. The molecule has 2 saturated heterocycles. The zero-order chi connectivity index (χ0) is 30.7. The van der Waals surface area contributed by atoms with Gasteiger partial charge < -0.3 is 33.3 Å². The minimum absolute atomic E-state index is 0.157. The van der Waals surface area contributed by atoms with E-state index < -0.39 is 12.1 Å². The number of ether oxygens (including phenoxy) is 5. The van der Waals surface area contributed by atoms with Gasteiger partial charge in [-0.15, -0.1) is 0 Å². The Bertz CT molecular complexity index is 1710. The molecule has 0 bridgehead atoms. The van der Waals surface area contributed by atoms with Gasteiger partial charge in [-0.05, 0) is 51.8 Å². The first-order valence-corrected chi connectivity index (χ1v) is 16.0. The fraction of sp³-hybridized carbons (Fsp3) is 0.452. The van der Waals surface area contributed by atoms with Gasteiger partial charge in [-0.25, -0.2) is 4.79 Å². The van der Waals surface area contributed by atoms with Gasteiger partial charge in [0.1, 0.15) is 35.3 Å². The first-order valence-electron chi connectivity index (χ1n) is 14.5. The number of hydrogen-bond donors (Lipinski definition) is 1. The van der Waals surface area contributed by atoms with Crippen LogP contribution in [0.3, 0.4) is 0 Å². The third-order valence-electron chi connectivity index (χ3n) is 8.08. The van der Waals surface area contributed by atoms with Crippen molar-refractivity contribution in [2.24, 2.45) is 0 Å². The van der Waals surface area contributed by atoms with Gasteiger partial charge >= 0.3 is 5.97 Å². The molecule has 232 valence electrons. The predicted molar refractivity (Wildman–Crippen MR) is 163 cm³/mol. The van der Waals surface area contributed by atoms with Crippen LogP contribution in [-0.2, 0) is 20.8 Å². The molecule has 0 radical (unpaired) electrons. The van der Waals surface area contributed by atoms with Crippen LogP contribution in [0.2, 0.25) is 10.0 Å². The zero-order valence-corrected chi connectivity index (χ0v) is 26.5. The molecule has 1 saturated carbocycles. The molecule has 2 aromatic heterocycles. The van der Waals surface area contributed by atoms with E-state index in [1.807, 2.05) is 13.8 Å². The molecule has 4 atom stereocenters. The van der Waals surface area contributed by atoms with E-state index in [1.165, 1.54) is 11.3 Å². The highest BCUT2D eigenvalue weighted by Crippen LogP contribution is 2.46. The van der Waals surface area contributed by atoms with Gasteiger partial charge in [0.05, 0.1) is 46.2 Å². The molecular weight excluding hydrogens is 631 g/mol. The number of aromatic nitrogens is 2. The molecule has 3 aliphatic rings. The van der Waals surface area contributed by atoms with Crippen molar-refractivity contribution in [2.45, 2.75) is 76.7 Å². The predicted octanol–water partition coefficient (Wildman–Crippen LogP) is 7.06. The Morgan fingerprint density at radius 1 is 1.14 bits per heavy atom. The van der Waals surface area contributed by atoms with Crippen molar-refractivity contribution >= 4 is 50.7 Å². The molecule has 1 N–H and O–H groups in total. The fourth-order valence-electron chi connectivity index (χ4n) is 5.80. The van der Waals surface area contributed by atoms with Crippen molar-refractivity contribution < 1.29 is 38.1 Å². The molecule has 0 spiro atoms. The van der Waals surface area contributed by atoms with Gasteiger partial charge in [-0.1, -0.05) is 45.8 Å². The third-order valence-corrected chi connectivity index (χ3v) is 9.60. The molecule has 3 fully saturated rings. The summed E-state index contributed by atoms with van der Waals surface area (Å²) in [6.07, 6.45) is 0.447. The first kappa shape index (κ1) is 29.8. The average Bonchev–Trinajstić information content (AvgIpc) is 3.27. The van der Waals surface area contributed by atoms with Crippen LogP contribution in [-0.4, -0.2) is 65.0 Å². The van der Waals surface area contributed by atoms with Crippen LogP contribution >= 0.6 is 34.5 Å². The van der Waals surface area contributed by atoms with Crippen molar-refractivity contribution in [3.05, 3.63) is 56.8 Å². The second-order valence-corrected chi connectivity index (χ2v) is 13.3. The number of carbonyl (C=O) groups is 1. The Balaban J connectivity index is 1.07. The van der Waals surface area contributed by atoms with E-state index in [0.717, 1.165) is 24.2 Å². The van der Waals surface area contributed by atoms with E-state index >= 15 is 0 Å². The van der Waals surface area contributed by atoms with E-state index in [4.69, 9.17) is 51.4 Å². The van der Waals surface area contributed by atoms with Gasteiger partial charge in [0.15, 0.2) is 11.9 Å². The summed E-state index contributed by atoms with van der Waals surface area (Å²) in [6.45, 7) is 6.35. The van der Waals surface area contributed by atoms with Crippen LogP contribution in [0.1, 0.15) is 59.9 Å². The topological polar surface area (TPSA) is 122 Å². The number of halogens is 2. The zero-order valence-electron chi connectivity index (χ0n) is 24.2. The van der Waals surface area contributed by atoms with Crippen LogP contribution in [0.4, 0.5) is 0 Å². The lowest BCUT2D eigenvalue weighted by atomic mass is 10.0. The summed E-state index contributed by atoms with van der Waals surface area (Å²) in [5.74, 6) is 0.533. The molecule has 4 heterocycles. The number of carboxylic acid groups (broad SMARTS) is 1. The smallest absolute Gasteiger partial charge is 0.336 e. The molecule has 2 aromatic carbocycles. The van der Waals surface area contributed by atoms with Crippen LogP contribution in [0, 0.1) is 6.92 Å². The number of thiazole rings is 1. The van der Waals surface area contributed by atoms with Crippen LogP contribution in [0.5, 0.6) is 10.9 Å².